The smallest absolute Gasteiger partial charge is 0.284 e. The molecular weight excluding hydrogens is 334 g/mol. The molecule has 1 unspecified atom stereocenters. The number of benzene rings is 1. The molecule has 0 saturated carbocycles. The molecule has 0 aliphatic carbocycles. The van der Waals surface area contributed by atoms with E-state index in [9.17, 15) is 4.79 Å². The van der Waals surface area contributed by atoms with Crippen LogP contribution in [0.3, 0.4) is 0 Å². The number of amides is 1. The molecule has 0 aliphatic rings. The predicted molar refractivity (Wildman–Crippen MR) is 78.2 cm³/mol. The zero-order valence-corrected chi connectivity index (χ0v) is 13.6. The molecule has 0 aliphatic heterocycles. The molecule has 1 aromatic carbocycles. The van der Waals surface area contributed by atoms with Crippen LogP contribution < -0.4 is 10.2 Å². The summed E-state index contributed by atoms with van der Waals surface area (Å²) in [6.07, 6.45) is -0.681. The van der Waals surface area contributed by atoms with Crippen molar-refractivity contribution in [2.24, 2.45) is 0 Å². The Labute approximate surface area is 126 Å². The molecule has 106 valence electrons. The number of carbonyl (C=O) groups excluding carboxylic acids is 1. The number of hydrogen-bond acceptors (Lipinski definition) is 3. The number of ether oxygens (including phenoxy) is 1. The van der Waals surface area contributed by atoms with Gasteiger partial charge in [0.15, 0.2) is 6.10 Å². The minimum atomic E-state index is -0.681. The summed E-state index contributed by atoms with van der Waals surface area (Å²) in [7, 11) is 0. The van der Waals surface area contributed by atoms with Crippen LogP contribution in [0.25, 0.3) is 0 Å². The molecule has 19 heavy (non-hydrogen) atoms. The lowest BCUT2D eigenvalue weighted by Gasteiger charge is -2.21. The van der Waals surface area contributed by atoms with Gasteiger partial charge in [0, 0.05) is 5.02 Å². The predicted octanol–water partition coefficient (Wildman–Crippen LogP) is 3.72. The van der Waals surface area contributed by atoms with Crippen LogP contribution in [-0.4, -0.2) is 17.6 Å². The van der Waals surface area contributed by atoms with E-state index in [-0.39, 0.29) is 5.91 Å². The zero-order chi connectivity index (χ0) is 14.6. The molecule has 4 nitrogen and oxygen atoms in total. The summed E-state index contributed by atoms with van der Waals surface area (Å²) in [5, 5.41) is 0.590. The summed E-state index contributed by atoms with van der Waals surface area (Å²) >= 11 is 9.15. The largest absolute Gasteiger partial charge is 0.480 e. The van der Waals surface area contributed by atoms with Gasteiger partial charge in [0.2, 0.25) is 0 Å². The quantitative estimate of drug-likeness (QED) is 0.842. The molecule has 0 aromatic heterocycles. The van der Waals surface area contributed by atoms with Crippen LogP contribution in [0.15, 0.2) is 22.7 Å². The Morgan fingerprint density at radius 1 is 1.42 bits per heavy atom. The third kappa shape index (κ3) is 5.80. The fourth-order valence-electron chi connectivity index (χ4n) is 1.10. The van der Waals surface area contributed by atoms with Crippen molar-refractivity contribution in [1.82, 2.24) is 5.48 Å². The van der Waals surface area contributed by atoms with Gasteiger partial charge in [-0.3, -0.25) is 9.63 Å². The van der Waals surface area contributed by atoms with Gasteiger partial charge in [0.1, 0.15) is 5.75 Å². The number of hydrogen-bond donors (Lipinski definition) is 1. The van der Waals surface area contributed by atoms with E-state index in [0.29, 0.717) is 15.2 Å². The number of halogens is 2. The van der Waals surface area contributed by atoms with Crippen LogP contribution >= 0.6 is 27.5 Å². The van der Waals surface area contributed by atoms with Gasteiger partial charge in [0.05, 0.1) is 10.1 Å². The lowest BCUT2D eigenvalue weighted by atomic mass is 10.2. The second-order valence-electron chi connectivity index (χ2n) is 5.02. The lowest BCUT2D eigenvalue weighted by molar-refractivity contribution is -0.151. The zero-order valence-electron chi connectivity index (χ0n) is 11.3. The van der Waals surface area contributed by atoms with E-state index in [1.165, 1.54) is 0 Å². The van der Waals surface area contributed by atoms with E-state index in [1.807, 2.05) is 20.8 Å². The monoisotopic (exact) mass is 349 g/mol. The van der Waals surface area contributed by atoms with Crippen molar-refractivity contribution in [3.8, 4) is 5.75 Å². The first kappa shape index (κ1) is 16.3. The van der Waals surface area contributed by atoms with E-state index in [4.69, 9.17) is 21.2 Å². The van der Waals surface area contributed by atoms with Crippen molar-refractivity contribution in [1.29, 1.82) is 0 Å². The molecule has 0 saturated heterocycles. The topological polar surface area (TPSA) is 47.6 Å². The normalized spacial score (nSPS) is 12.9. The van der Waals surface area contributed by atoms with Gasteiger partial charge in [-0.1, -0.05) is 11.6 Å². The maximum Gasteiger partial charge on any atom is 0.284 e. The van der Waals surface area contributed by atoms with Gasteiger partial charge >= 0.3 is 0 Å². The van der Waals surface area contributed by atoms with Crippen molar-refractivity contribution < 1.29 is 14.4 Å². The summed E-state index contributed by atoms with van der Waals surface area (Å²) in [6, 6.07) is 5.09. The molecule has 1 rings (SSSR count). The molecule has 1 aromatic rings. The molecule has 0 fully saturated rings. The highest BCUT2D eigenvalue weighted by atomic mass is 79.9. The van der Waals surface area contributed by atoms with Crippen molar-refractivity contribution in [2.75, 3.05) is 0 Å². The van der Waals surface area contributed by atoms with Crippen molar-refractivity contribution in [3.05, 3.63) is 27.7 Å². The molecule has 0 spiro atoms. The number of hydroxylamine groups is 1. The second kappa shape index (κ2) is 6.59. The van der Waals surface area contributed by atoms with Gasteiger partial charge in [-0.15, -0.1) is 0 Å². The van der Waals surface area contributed by atoms with Crippen molar-refractivity contribution in [3.63, 3.8) is 0 Å². The summed E-state index contributed by atoms with van der Waals surface area (Å²) < 4.78 is 6.22. The van der Waals surface area contributed by atoms with E-state index >= 15 is 0 Å². The van der Waals surface area contributed by atoms with Gasteiger partial charge in [-0.2, -0.15) is 0 Å². The molecule has 1 N–H and O–H groups in total. The molecule has 6 heteroatoms. The van der Waals surface area contributed by atoms with E-state index in [0.717, 1.165) is 0 Å². The maximum absolute atomic E-state index is 11.8. The third-order valence-electron chi connectivity index (χ3n) is 2.02. The summed E-state index contributed by atoms with van der Waals surface area (Å²) in [6.45, 7) is 7.17. The number of nitrogens with one attached hydrogen (secondary N) is 1. The molecule has 0 bridgehead atoms. The first-order valence-electron chi connectivity index (χ1n) is 5.78. The minimum absolute atomic E-state index is 0.350. The van der Waals surface area contributed by atoms with Crippen molar-refractivity contribution >= 4 is 33.4 Å². The number of rotatable bonds is 4. The highest BCUT2D eigenvalue weighted by Gasteiger charge is 2.19. The Hall–Kier alpha value is -0.780. The van der Waals surface area contributed by atoms with Crippen LogP contribution in [0.4, 0.5) is 0 Å². The average Bonchev–Trinajstić information content (AvgIpc) is 2.28. The molecule has 0 radical (unpaired) electrons. The highest BCUT2D eigenvalue weighted by molar-refractivity contribution is 9.10. The summed E-state index contributed by atoms with van der Waals surface area (Å²) in [4.78, 5) is 17.0. The Balaban J connectivity index is 2.59. The fourth-order valence-corrected chi connectivity index (χ4v) is 1.88. The fraction of sp³-hybridized carbons (Fsp3) is 0.462. The van der Waals surface area contributed by atoms with E-state index < -0.39 is 11.7 Å². The van der Waals surface area contributed by atoms with Crippen LogP contribution in [0.5, 0.6) is 5.75 Å². The SMILES string of the molecule is CC(Oc1ccc(Cl)cc1Br)C(=O)NOC(C)(C)C. The van der Waals surface area contributed by atoms with Crippen LogP contribution in [-0.2, 0) is 9.63 Å². The van der Waals surface area contributed by atoms with E-state index in [1.54, 1.807) is 25.1 Å². The molecule has 1 amide bonds. The van der Waals surface area contributed by atoms with Gasteiger partial charge in [0.25, 0.3) is 5.91 Å². The number of carbonyl (C=O) groups is 1. The summed E-state index contributed by atoms with van der Waals surface area (Å²) in [5.41, 5.74) is 1.92. The first-order valence-corrected chi connectivity index (χ1v) is 6.96. The Morgan fingerprint density at radius 2 is 2.05 bits per heavy atom. The Kier molecular flexibility index (Phi) is 5.64. The van der Waals surface area contributed by atoms with Gasteiger partial charge < -0.3 is 4.74 Å². The van der Waals surface area contributed by atoms with Gasteiger partial charge in [-0.25, -0.2) is 5.48 Å². The molecule has 0 heterocycles. The van der Waals surface area contributed by atoms with Gasteiger partial charge in [-0.05, 0) is 61.8 Å². The maximum atomic E-state index is 11.8. The van der Waals surface area contributed by atoms with Crippen molar-refractivity contribution in [2.45, 2.75) is 39.4 Å². The Bertz CT molecular complexity index is 460. The second-order valence-corrected chi connectivity index (χ2v) is 6.31. The molecular formula is C13H17BrClNO3. The minimum Gasteiger partial charge on any atom is -0.480 e. The van der Waals surface area contributed by atoms with Crippen LogP contribution in [0.1, 0.15) is 27.7 Å². The lowest BCUT2D eigenvalue weighted by Crippen LogP contribution is -2.40. The van der Waals surface area contributed by atoms with Crippen LogP contribution in [0, 0.1) is 0 Å². The third-order valence-corrected chi connectivity index (χ3v) is 2.88. The first-order chi connectivity index (χ1) is 8.69. The highest BCUT2D eigenvalue weighted by Crippen LogP contribution is 2.28. The average molecular weight is 351 g/mol. The van der Waals surface area contributed by atoms with E-state index in [2.05, 4.69) is 21.4 Å². The molecule has 1 atom stereocenters. The van der Waals surface area contributed by atoms with Crippen LogP contribution in [0.2, 0.25) is 5.02 Å². The Morgan fingerprint density at radius 3 is 2.58 bits per heavy atom. The standard InChI is InChI=1S/C13H17BrClNO3/c1-8(12(17)16-19-13(2,3)4)18-11-6-5-9(15)7-10(11)14/h5-8H,1-4H3,(H,16,17). The summed E-state index contributed by atoms with van der Waals surface area (Å²) in [5.74, 6) is 0.194.